The van der Waals surface area contributed by atoms with Crippen molar-refractivity contribution in [2.75, 3.05) is 33.9 Å². The minimum Gasteiger partial charge on any atom is -0.496 e. The SMILES string of the molecule is COc1ccc(C#N)cc1CN(C)CC1CCOCC1. The molecular formula is C16H22N2O2. The molecule has 0 radical (unpaired) electrons. The topological polar surface area (TPSA) is 45.5 Å². The molecule has 1 aliphatic heterocycles. The van der Waals surface area contributed by atoms with E-state index in [-0.39, 0.29) is 0 Å². The molecule has 0 aromatic heterocycles. The highest BCUT2D eigenvalue weighted by atomic mass is 16.5. The molecule has 0 aliphatic carbocycles. The summed E-state index contributed by atoms with van der Waals surface area (Å²) in [7, 11) is 3.79. The van der Waals surface area contributed by atoms with Gasteiger partial charge in [0.25, 0.3) is 0 Å². The van der Waals surface area contributed by atoms with Gasteiger partial charge in [-0.3, -0.25) is 0 Å². The van der Waals surface area contributed by atoms with Crippen molar-refractivity contribution < 1.29 is 9.47 Å². The van der Waals surface area contributed by atoms with Crippen molar-refractivity contribution in [2.45, 2.75) is 19.4 Å². The van der Waals surface area contributed by atoms with Gasteiger partial charge in [-0.25, -0.2) is 0 Å². The van der Waals surface area contributed by atoms with Crippen molar-refractivity contribution in [2.24, 2.45) is 5.92 Å². The highest BCUT2D eigenvalue weighted by Crippen LogP contribution is 2.22. The minimum atomic E-state index is 0.681. The van der Waals surface area contributed by atoms with Gasteiger partial charge in [0.05, 0.1) is 18.7 Å². The number of nitriles is 1. The molecule has 1 saturated heterocycles. The molecule has 2 rings (SSSR count). The van der Waals surface area contributed by atoms with Crippen LogP contribution in [-0.4, -0.2) is 38.8 Å². The van der Waals surface area contributed by atoms with Gasteiger partial charge in [-0.1, -0.05) is 0 Å². The third kappa shape index (κ3) is 3.96. The average molecular weight is 274 g/mol. The minimum absolute atomic E-state index is 0.681. The van der Waals surface area contributed by atoms with Crippen LogP contribution in [0.15, 0.2) is 18.2 Å². The van der Waals surface area contributed by atoms with Gasteiger partial charge in [0.1, 0.15) is 5.75 Å². The van der Waals surface area contributed by atoms with Crippen LogP contribution in [0, 0.1) is 17.2 Å². The zero-order valence-electron chi connectivity index (χ0n) is 12.3. The summed E-state index contributed by atoms with van der Waals surface area (Å²) >= 11 is 0. The Morgan fingerprint density at radius 3 is 2.80 bits per heavy atom. The summed E-state index contributed by atoms with van der Waals surface area (Å²) in [4.78, 5) is 2.30. The average Bonchev–Trinajstić information content (AvgIpc) is 2.48. The Labute approximate surface area is 120 Å². The lowest BCUT2D eigenvalue weighted by Gasteiger charge is -2.27. The Hall–Kier alpha value is -1.57. The van der Waals surface area contributed by atoms with Crippen molar-refractivity contribution in [3.8, 4) is 11.8 Å². The molecule has 0 atom stereocenters. The number of nitrogens with zero attached hydrogens (tertiary/aromatic N) is 2. The first kappa shape index (κ1) is 14.8. The predicted octanol–water partition coefficient (Wildman–Crippen LogP) is 2.43. The van der Waals surface area contributed by atoms with Gasteiger partial charge in [0.15, 0.2) is 0 Å². The van der Waals surface area contributed by atoms with Crippen molar-refractivity contribution in [1.82, 2.24) is 4.90 Å². The molecule has 20 heavy (non-hydrogen) atoms. The molecule has 0 unspecified atom stereocenters. The molecule has 1 aromatic carbocycles. The normalized spacial score (nSPS) is 16.1. The predicted molar refractivity (Wildman–Crippen MR) is 77.6 cm³/mol. The Morgan fingerprint density at radius 1 is 1.40 bits per heavy atom. The fourth-order valence-electron chi connectivity index (χ4n) is 2.70. The molecule has 1 aromatic rings. The van der Waals surface area contributed by atoms with Gasteiger partial charge in [-0.15, -0.1) is 0 Å². The number of hydrogen-bond donors (Lipinski definition) is 0. The summed E-state index contributed by atoms with van der Waals surface area (Å²) < 4.78 is 10.8. The Balaban J connectivity index is 1.99. The van der Waals surface area contributed by atoms with Gasteiger partial charge in [-0.2, -0.15) is 5.26 Å². The number of hydrogen-bond acceptors (Lipinski definition) is 4. The molecule has 0 bridgehead atoms. The van der Waals surface area contributed by atoms with Crippen molar-refractivity contribution in [3.05, 3.63) is 29.3 Å². The van der Waals surface area contributed by atoms with Crippen LogP contribution in [0.4, 0.5) is 0 Å². The fourth-order valence-corrected chi connectivity index (χ4v) is 2.70. The number of methoxy groups -OCH3 is 1. The molecule has 4 heteroatoms. The fraction of sp³-hybridized carbons (Fsp3) is 0.562. The highest BCUT2D eigenvalue weighted by Gasteiger charge is 2.16. The van der Waals surface area contributed by atoms with Crippen molar-refractivity contribution in [1.29, 1.82) is 5.26 Å². The monoisotopic (exact) mass is 274 g/mol. The molecule has 0 spiro atoms. The molecule has 0 saturated carbocycles. The lowest BCUT2D eigenvalue weighted by Crippen LogP contribution is -2.29. The maximum absolute atomic E-state index is 9.00. The zero-order chi connectivity index (χ0) is 14.4. The number of benzene rings is 1. The van der Waals surface area contributed by atoms with Gasteiger partial charge >= 0.3 is 0 Å². The summed E-state index contributed by atoms with van der Waals surface area (Å²) in [6.07, 6.45) is 2.28. The lowest BCUT2D eigenvalue weighted by molar-refractivity contribution is 0.0549. The maximum Gasteiger partial charge on any atom is 0.123 e. The number of rotatable bonds is 5. The van der Waals surface area contributed by atoms with Gasteiger partial charge in [-0.05, 0) is 44.0 Å². The van der Waals surface area contributed by atoms with E-state index in [4.69, 9.17) is 14.7 Å². The molecular weight excluding hydrogens is 252 g/mol. The summed E-state index contributed by atoms with van der Waals surface area (Å²) in [6, 6.07) is 7.76. The van der Waals surface area contributed by atoms with E-state index in [1.54, 1.807) is 13.2 Å². The van der Waals surface area contributed by atoms with Crippen LogP contribution in [0.3, 0.4) is 0 Å². The first-order valence-electron chi connectivity index (χ1n) is 7.06. The summed E-state index contributed by atoms with van der Waals surface area (Å²) in [5.41, 5.74) is 1.75. The summed E-state index contributed by atoms with van der Waals surface area (Å²) in [6.45, 7) is 3.62. The van der Waals surface area contributed by atoms with E-state index < -0.39 is 0 Å². The van der Waals surface area contributed by atoms with E-state index in [0.717, 1.165) is 50.5 Å². The van der Waals surface area contributed by atoms with Crippen LogP contribution in [0.5, 0.6) is 5.75 Å². The second kappa shape index (κ2) is 7.28. The Bertz CT molecular complexity index is 476. The van der Waals surface area contributed by atoms with E-state index in [2.05, 4.69) is 18.0 Å². The van der Waals surface area contributed by atoms with E-state index in [0.29, 0.717) is 11.5 Å². The van der Waals surface area contributed by atoms with Crippen LogP contribution >= 0.6 is 0 Å². The Kier molecular flexibility index (Phi) is 5.40. The van der Waals surface area contributed by atoms with Gasteiger partial charge in [0, 0.05) is 31.9 Å². The van der Waals surface area contributed by atoms with E-state index in [1.165, 1.54) is 0 Å². The molecule has 0 amide bonds. The van der Waals surface area contributed by atoms with Crippen LogP contribution < -0.4 is 4.74 Å². The molecule has 0 N–H and O–H groups in total. The van der Waals surface area contributed by atoms with E-state index in [1.807, 2.05) is 12.1 Å². The van der Waals surface area contributed by atoms with Crippen LogP contribution in [-0.2, 0) is 11.3 Å². The third-order valence-corrected chi connectivity index (χ3v) is 3.76. The first-order chi connectivity index (χ1) is 9.72. The van der Waals surface area contributed by atoms with Crippen LogP contribution in [0.2, 0.25) is 0 Å². The smallest absolute Gasteiger partial charge is 0.123 e. The second-order valence-corrected chi connectivity index (χ2v) is 5.39. The summed E-state index contributed by atoms with van der Waals surface area (Å²) in [5, 5.41) is 9.00. The third-order valence-electron chi connectivity index (χ3n) is 3.76. The summed E-state index contributed by atoms with van der Waals surface area (Å²) in [5.74, 6) is 1.56. The quantitative estimate of drug-likeness (QED) is 0.827. The molecule has 1 heterocycles. The standard InChI is InChI=1S/C16H22N2O2/c1-18(11-13-5-7-20-8-6-13)12-15-9-14(10-17)3-4-16(15)19-2/h3-4,9,13H,5-8,11-12H2,1-2H3. The lowest BCUT2D eigenvalue weighted by atomic mass is 9.99. The Morgan fingerprint density at radius 2 is 2.15 bits per heavy atom. The van der Waals surface area contributed by atoms with Crippen LogP contribution in [0.1, 0.15) is 24.0 Å². The zero-order valence-corrected chi connectivity index (χ0v) is 12.3. The van der Waals surface area contributed by atoms with E-state index in [9.17, 15) is 0 Å². The van der Waals surface area contributed by atoms with E-state index >= 15 is 0 Å². The van der Waals surface area contributed by atoms with Crippen molar-refractivity contribution >= 4 is 0 Å². The van der Waals surface area contributed by atoms with Crippen molar-refractivity contribution in [3.63, 3.8) is 0 Å². The molecule has 1 fully saturated rings. The second-order valence-electron chi connectivity index (χ2n) is 5.39. The molecule has 4 nitrogen and oxygen atoms in total. The molecule has 108 valence electrons. The van der Waals surface area contributed by atoms with Gasteiger partial charge in [0.2, 0.25) is 0 Å². The largest absolute Gasteiger partial charge is 0.496 e. The molecule has 1 aliphatic rings. The van der Waals surface area contributed by atoms with Crippen LogP contribution in [0.25, 0.3) is 0 Å². The first-order valence-corrected chi connectivity index (χ1v) is 7.06. The highest BCUT2D eigenvalue weighted by molar-refractivity contribution is 5.41. The maximum atomic E-state index is 9.00. The van der Waals surface area contributed by atoms with Gasteiger partial charge < -0.3 is 14.4 Å². The number of ether oxygens (including phenoxy) is 2.